The highest BCUT2D eigenvalue weighted by molar-refractivity contribution is 5.57. The van der Waals surface area contributed by atoms with Crippen molar-refractivity contribution in [1.82, 2.24) is 4.98 Å². The molecule has 2 aliphatic heterocycles. The number of ether oxygens (including phenoxy) is 1. The fourth-order valence-corrected chi connectivity index (χ4v) is 4.02. The van der Waals surface area contributed by atoms with Crippen molar-refractivity contribution in [3.63, 3.8) is 0 Å². The number of hydrogen-bond acceptors (Lipinski definition) is 3. The third kappa shape index (κ3) is 2.26. The highest BCUT2D eigenvalue weighted by atomic mass is 19.3. The first-order valence-electron chi connectivity index (χ1n) is 7.87. The van der Waals surface area contributed by atoms with Crippen LogP contribution >= 0.6 is 0 Å². The second kappa shape index (κ2) is 5.48. The van der Waals surface area contributed by atoms with Crippen LogP contribution in [0.4, 0.5) is 14.5 Å². The molecule has 2 bridgehead atoms. The van der Waals surface area contributed by atoms with Gasteiger partial charge in [0.05, 0.1) is 13.2 Å². The Morgan fingerprint density at radius 2 is 1.96 bits per heavy atom. The maximum absolute atomic E-state index is 13.2. The topological polar surface area (TPSA) is 25.4 Å². The number of methoxy groups -OCH3 is 1. The van der Waals surface area contributed by atoms with Crippen LogP contribution in [0.3, 0.4) is 0 Å². The van der Waals surface area contributed by atoms with Crippen LogP contribution in [0, 0.1) is 0 Å². The predicted octanol–water partition coefficient (Wildman–Crippen LogP) is 4.29. The predicted molar refractivity (Wildman–Crippen MR) is 84.1 cm³/mol. The van der Waals surface area contributed by atoms with E-state index in [1.54, 1.807) is 7.11 Å². The highest BCUT2D eigenvalue weighted by Gasteiger charge is 2.41. The third-order valence-corrected chi connectivity index (χ3v) is 5.00. The molecule has 1 fully saturated rings. The minimum atomic E-state index is -2.50. The molecule has 2 aliphatic rings. The second-order valence-corrected chi connectivity index (χ2v) is 6.12. The molecule has 0 radical (unpaired) electrons. The van der Waals surface area contributed by atoms with Crippen LogP contribution in [-0.4, -0.2) is 18.1 Å². The fourth-order valence-electron chi connectivity index (χ4n) is 4.02. The zero-order chi connectivity index (χ0) is 16.0. The average Bonchev–Trinajstić information content (AvgIpc) is 2.89. The molecule has 0 N–H and O–H groups in total. The molecular weight excluding hydrogens is 298 g/mol. The van der Waals surface area contributed by atoms with E-state index in [0.29, 0.717) is 6.42 Å². The maximum Gasteiger partial charge on any atom is 0.280 e. The molecule has 2 atom stereocenters. The van der Waals surface area contributed by atoms with Gasteiger partial charge in [-0.2, -0.15) is 0 Å². The van der Waals surface area contributed by atoms with Gasteiger partial charge in [0.1, 0.15) is 11.4 Å². The lowest BCUT2D eigenvalue weighted by molar-refractivity contribution is 0.144. The average molecular weight is 316 g/mol. The Hall–Kier alpha value is -2.17. The minimum Gasteiger partial charge on any atom is -0.497 e. The quantitative estimate of drug-likeness (QED) is 0.844. The summed E-state index contributed by atoms with van der Waals surface area (Å²) in [6, 6.07) is 10.3. The van der Waals surface area contributed by atoms with Gasteiger partial charge in [0.25, 0.3) is 6.43 Å². The summed E-state index contributed by atoms with van der Waals surface area (Å²) in [6.07, 6.45) is 1.68. The second-order valence-electron chi connectivity index (χ2n) is 6.12. The van der Waals surface area contributed by atoms with Crippen LogP contribution in [0.25, 0.3) is 0 Å². The summed E-state index contributed by atoms with van der Waals surface area (Å²) in [7, 11) is 1.65. The zero-order valence-corrected chi connectivity index (χ0v) is 12.9. The summed E-state index contributed by atoms with van der Waals surface area (Å²) >= 11 is 0. The molecule has 0 amide bonds. The van der Waals surface area contributed by atoms with Crippen LogP contribution < -0.4 is 9.64 Å². The Balaban J connectivity index is 1.74. The van der Waals surface area contributed by atoms with Gasteiger partial charge in [-0.15, -0.1) is 0 Å². The van der Waals surface area contributed by atoms with Crippen LogP contribution in [0.1, 0.15) is 42.1 Å². The van der Waals surface area contributed by atoms with Gasteiger partial charge in [0.15, 0.2) is 0 Å². The summed E-state index contributed by atoms with van der Waals surface area (Å²) in [4.78, 5) is 6.30. The summed E-state index contributed by atoms with van der Waals surface area (Å²) in [6.45, 7) is 0. The van der Waals surface area contributed by atoms with E-state index in [4.69, 9.17) is 4.74 Å². The molecule has 4 rings (SSSR count). The summed E-state index contributed by atoms with van der Waals surface area (Å²) in [5.74, 6) is 0.822. The monoisotopic (exact) mass is 316 g/mol. The molecule has 3 heterocycles. The number of pyridine rings is 1. The SMILES string of the molecule is COc1ccc(N2[C@H]3CC[C@@H]2c2ccnc(C(F)F)c2C3)cc1. The lowest BCUT2D eigenvalue weighted by Crippen LogP contribution is -2.38. The summed E-state index contributed by atoms with van der Waals surface area (Å²) in [5, 5.41) is 0. The molecule has 0 spiro atoms. The Bertz CT molecular complexity index is 717. The number of aromatic nitrogens is 1. The van der Waals surface area contributed by atoms with Crippen molar-refractivity contribution in [2.45, 2.75) is 37.8 Å². The van der Waals surface area contributed by atoms with Gasteiger partial charge < -0.3 is 9.64 Å². The number of nitrogens with zero attached hydrogens (tertiary/aromatic N) is 2. The van der Waals surface area contributed by atoms with Gasteiger partial charge in [-0.25, -0.2) is 8.78 Å². The largest absolute Gasteiger partial charge is 0.497 e. The first-order chi connectivity index (χ1) is 11.2. The lowest BCUT2D eigenvalue weighted by atomic mass is 9.92. The molecule has 2 aromatic rings. The molecule has 1 aromatic carbocycles. The van der Waals surface area contributed by atoms with E-state index in [2.05, 4.69) is 9.88 Å². The molecule has 23 heavy (non-hydrogen) atoms. The molecular formula is C18H18F2N2O. The normalized spacial score (nSPS) is 22.3. The molecule has 1 aromatic heterocycles. The first-order valence-corrected chi connectivity index (χ1v) is 7.87. The maximum atomic E-state index is 13.2. The van der Waals surface area contributed by atoms with E-state index in [0.717, 1.165) is 35.4 Å². The van der Waals surface area contributed by atoms with Crippen molar-refractivity contribution in [2.75, 3.05) is 12.0 Å². The first kappa shape index (κ1) is 14.4. The minimum absolute atomic E-state index is 0.0335. The Kier molecular flexibility index (Phi) is 3.43. The van der Waals surface area contributed by atoms with Crippen LogP contribution in [0.15, 0.2) is 36.5 Å². The van der Waals surface area contributed by atoms with E-state index in [1.165, 1.54) is 6.20 Å². The van der Waals surface area contributed by atoms with Crippen molar-refractivity contribution >= 4 is 5.69 Å². The number of anilines is 1. The highest BCUT2D eigenvalue weighted by Crippen LogP contribution is 2.47. The van der Waals surface area contributed by atoms with Gasteiger partial charge in [0.2, 0.25) is 0 Å². The van der Waals surface area contributed by atoms with Crippen molar-refractivity contribution in [2.24, 2.45) is 0 Å². The van der Waals surface area contributed by atoms with Gasteiger partial charge in [-0.3, -0.25) is 4.98 Å². The number of benzene rings is 1. The van der Waals surface area contributed by atoms with Crippen LogP contribution in [0.5, 0.6) is 5.75 Å². The molecule has 0 aliphatic carbocycles. The standard InChI is InChI=1S/C18H18F2N2O/c1-23-13-5-2-11(3-6-13)22-12-4-7-16(22)14-8-9-21-17(18(19)20)15(14)10-12/h2-3,5-6,8-9,12,16,18H,4,7,10H2,1H3/t12-,16+/m0/s1. The number of halogens is 2. The van der Waals surface area contributed by atoms with Crippen molar-refractivity contribution in [3.05, 3.63) is 53.3 Å². The van der Waals surface area contributed by atoms with Gasteiger partial charge in [0, 0.05) is 17.9 Å². The third-order valence-electron chi connectivity index (χ3n) is 5.00. The number of hydrogen-bond donors (Lipinski definition) is 0. The number of rotatable bonds is 3. The van der Waals surface area contributed by atoms with E-state index in [9.17, 15) is 8.78 Å². The van der Waals surface area contributed by atoms with Crippen LogP contribution in [-0.2, 0) is 6.42 Å². The Morgan fingerprint density at radius 3 is 2.65 bits per heavy atom. The van der Waals surface area contributed by atoms with E-state index in [-0.39, 0.29) is 17.8 Å². The van der Waals surface area contributed by atoms with Gasteiger partial charge in [-0.05, 0) is 60.7 Å². The molecule has 3 nitrogen and oxygen atoms in total. The lowest BCUT2D eigenvalue weighted by Gasteiger charge is -2.38. The molecule has 0 unspecified atom stereocenters. The number of fused-ring (bicyclic) bond motifs is 4. The Labute approximate surface area is 133 Å². The Morgan fingerprint density at radius 1 is 1.17 bits per heavy atom. The van der Waals surface area contributed by atoms with Gasteiger partial charge in [-0.1, -0.05) is 0 Å². The number of alkyl halides is 2. The van der Waals surface area contributed by atoms with E-state index >= 15 is 0 Å². The van der Waals surface area contributed by atoms with Crippen LogP contribution in [0.2, 0.25) is 0 Å². The molecule has 1 saturated heterocycles. The van der Waals surface area contributed by atoms with Crippen molar-refractivity contribution in [3.8, 4) is 5.75 Å². The zero-order valence-electron chi connectivity index (χ0n) is 12.9. The smallest absolute Gasteiger partial charge is 0.280 e. The summed E-state index contributed by atoms with van der Waals surface area (Å²) in [5.41, 5.74) is 2.87. The fraction of sp³-hybridized carbons (Fsp3) is 0.389. The van der Waals surface area contributed by atoms with E-state index in [1.807, 2.05) is 30.3 Å². The molecule has 0 saturated carbocycles. The summed E-state index contributed by atoms with van der Waals surface area (Å²) < 4.78 is 31.7. The van der Waals surface area contributed by atoms with E-state index < -0.39 is 6.43 Å². The van der Waals surface area contributed by atoms with Gasteiger partial charge >= 0.3 is 0 Å². The van der Waals surface area contributed by atoms with Crippen molar-refractivity contribution in [1.29, 1.82) is 0 Å². The molecule has 5 heteroatoms. The van der Waals surface area contributed by atoms with Crippen molar-refractivity contribution < 1.29 is 13.5 Å². The molecule has 120 valence electrons.